The smallest absolute Gasteiger partial charge is 0.159 e. The maximum Gasteiger partial charge on any atom is 0.159 e. The lowest BCUT2D eigenvalue weighted by Gasteiger charge is -2.16. The summed E-state index contributed by atoms with van der Waals surface area (Å²) >= 11 is 1.70. The number of halogens is 2. The number of thiophene rings is 1. The van der Waals surface area contributed by atoms with E-state index in [0.717, 1.165) is 5.56 Å². The molecule has 1 aromatic heterocycles. The molecule has 3 aromatic rings. The summed E-state index contributed by atoms with van der Waals surface area (Å²) in [5, 5.41) is 6.61. The van der Waals surface area contributed by atoms with Gasteiger partial charge in [-0.15, -0.1) is 11.3 Å². The molecule has 1 nitrogen and oxygen atoms in total. The lowest BCUT2D eigenvalue weighted by Crippen LogP contribution is -2.18. The molecule has 1 heterocycles. The minimum absolute atomic E-state index is 0.0750. The van der Waals surface area contributed by atoms with E-state index in [1.807, 2.05) is 19.2 Å². The summed E-state index contributed by atoms with van der Waals surface area (Å²) in [6.07, 6.45) is 0.619. The minimum atomic E-state index is -0.805. The predicted molar refractivity (Wildman–Crippen MR) is 83.7 cm³/mol. The Morgan fingerprint density at radius 3 is 2.67 bits per heavy atom. The monoisotopic (exact) mass is 303 g/mol. The van der Waals surface area contributed by atoms with E-state index in [0.29, 0.717) is 6.42 Å². The summed E-state index contributed by atoms with van der Waals surface area (Å²) in [5.41, 5.74) is 1.98. The van der Waals surface area contributed by atoms with Crippen molar-refractivity contribution in [2.45, 2.75) is 12.5 Å². The molecule has 0 amide bonds. The van der Waals surface area contributed by atoms with Crippen molar-refractivity contribution in [1.82, 2.24) is 5.32 Å². The molecule has 2 aromatic carbocycles. The van der Waals surface area contributed by atoms with Crippen molar-refractivity contribution in [3.8, 4) is 0 Å². The van der Waals surface area contributed by atoms with E-state index in [1.54, 1.807) is 17.4 Å². The van der Waals surface area contributed by atoms with Gasteiger partial charge in [0.25, 0.3) is 0 Å². The zero-order valence-electron chi connectivity index (χ0n) is 11.6. The molecule has 0 fully saturated rings. The number of hydrogen-bond donors (Lipinski definition) is 1. The molecule has 1 unspecified atom stereocenters. The van der Waals surface area contributed by atoms with E-state index in [-0.39, 0.29) is 6.04 Å². The van der Waals surface area contributed by atoms with Gasteiger partial charge in [-0.05, 0) is 53.6 Å². The molecule has 21 heavy (non-hydrogen) atoms. The average molecular weight is 303 g/mol. The van der Waals surface area contributed by atoms with Crippen LogP contribution in [0.4, 0.5) is 8.78 Å². The number of benzene rings is 2. The summed E-state index contributed by atoms with van der Waals surface area (Å²) in [4.78, 5) is 0. The molecule has 0 radical (unpaired) electrons. The van der Waals surface area contributed by atoms with Crippen molar-refractivity contribution in [2.24, 2.45) is 0 Å². The van der Waals surface area contributed by atoms with Gasteiger partial charge in [0, 0.05) is 10.7 Å². The zero-order valence-corrected chi connectivity index (χ0v) is 12.4. The molecule has 0 saturated heterocycles. The normalized spacial score (nSPS) is 12.7. The maximum absolute atomic E-state index is 13.3. The molecule has 3 rings (SSSR count). The molecule has 108 valence electrons. The third kappa shape index (κ3) is 2.82. The second kappa shape index (κ2) is 5.92. The molecular formula is C17H15F2NS. The van der Waals surface area contributed by atoms with Gasteiger partial charge in [0.2, 0.25) is 0 Å². The van der Waals surface area contributed by atoms with E-state index >= 15 is 0 Å². The first-order valence-corrected chi connectivity index (χ1v) is 7.64. The Bertz CT molecular complexity index is 766. The number of hydrogen-bond acceptors (Lipinski definition) is 2. The van der Waals surface area contributed by atoms with Crippen LogP contribution in [0.15, 0.2) is 47.8 Å². The minimum Gasteiger partial charge on any atom is -0.313 e. The van der Waals surface area contributed by atoms with Gasteiger partial charge < -0.3 is 5.32 Å². The lowest BCUT2D eigenvalue weighted by atomic mass is 9.98. The van der Waals surface area contributed by atoms with Crippen molar-refractivity contribution in [1.29, 1.82) is 0 Å². The summed E-state index contributed by atoms with van der Waals surface area (Å²) in [5.74, 6) is -1.60. The van der Waals surface area contributed by atoms with E-state index in [9.17, 15) is 8.78 Å². The Balaban J connectivity index is 1.93. The Morgan fingerprint density at radius 1 is 1.10 bits per heavy atom. The van der Waals surface area contributed by atoms with Gasteiger partial charge in [-0.2, -0.15) is 0 Å². The summed E-state index contributed by atoms with van der Waals surface area (Å²) in [7, 11) is 1.89. The van der Waals surface area contributed by atoms with Gasteiger partial charge >= 0.3 is 0 Å². The molecule has 0 aliphatic carbocycles. The summed E-state index contributed by atoms with van der Waals surface area (Å²) in [6, 6.07) is 12.4. The van der Waals surface area contributed by atoms with Gasteiger partial charge in [0.05, 0.1) is 0 Å². The van der Waals surface area contributed by atoms with Gasteiger partial charge in [-0.1, -0.05) is 24.3 Å². The van der Waals surface area contributed by atoms with E-state index in [1.165, 1.54) is 27.8 Å². The molecule has 0 aliphatic heterocycles. The second-order valence-corrected chi connectivity index (χ2v) is 5.89. The van der Waals surface area contributed by atoms with Crippen molar-refractivity contribution in [3.63, 3.8) is 0 Å². The topological polar surface area (TPSA) is 12.0 Å². The number of likely N-dealkylation sites (N-methyl/N-ethyl adjacent to an activating group) is 1. The molecule has 0 spiro atoms. The highest BCUT2D eigenvalue weighted by molar-refractivity contribution is 7.17. The first-order valence-electron chi connectivity index (χ1n) is 6.76. The maximum atomic E-state index is 13.3. The second-order valence-electron chi connectivity index (χ2n) is 4.98. The first-order chi connectivity index (χ1) is 10.2. The van der Waals surface area contributed by atoms with Crippen LogP contribution in [-0.4, -0.2) is 7.05 Å². The molecule has 1 N–H and O–H groups in total. The van der Waals surface area contributed by atoms with Gasteiger partial charge in [0.1, 0.15) is 0 Å². The fraction of sp³-hybridized carbons (Fsp3) is 0.176. The number of nitrogens with one attached hydrogen (secondary N) is 1. The molecule has 0 saturated carbocycles. The standard InChI is InChI=1S/C17H15F2NS/c1-20-16(9-11-6-7-14(18)15(19)8-11)13-10-21-17-5-3-2-4-12(13)17/h2-8,10,16,20H,9H2,1H3. The summed E-state index contributed by atoms with van der Waals surface area (Å²) in [6.45, 7) is 0. The highest BCUT2D eigenvalue weighted by Gasteiger charge is 2.15. The van der Waals surface area contributed by atoms with Crippen LogP contribution in [-0.2, 0) is 6.42 Å². The van der Waals surface area contributed by atoms with Crippen LogP contribution >= 0.6 is 11.3 Å². The average Bonchev–Trinajstić information content (AvgIpc) is 2.92. The van der Waals surface area contributed by atoms with Crippen LogP contribution in [0.3, 0.4) is 0 Å². The fourth-order valence-corrected chi connectivity index (χ4v) is 3.55. The fourth-order valence-electron chi connectivity index (χ4n) is 2.54. The largest absolute Gasteiger partial charge is 0.313 e. The van der Waals surface area contributed by atoms with Crippen molar-refractivity contribution < 1.29 is 8.78 Å². The third-order valence-corrected chi connectivity index (χ3v) is 4.64. The highest BCUT2D eigenvalue weighted by Crippen LogP contribution is 2.31. The SMILES string of the molecule is CNC(Cc1ccc(F)c(F)c1)c1csc2ccccc12. The van der Waals surface area contributed by atoms with Crippen LogP contribution in [0.2, 0.25) is 0 Å². The van der Waals surface area contributed by atoms with Gasteiger partial charge in [-0.25, -0.2) is 8.78 Å². The summed E-state index contributed by atoms with van der Waals surface area (Å²) < 4.78 is 27.6. The van der Waals surface area contributed by atoms with Gasteiger partial charge in [0.15, 0.2) is 11.6 Å². The number of rotatable bonds is 4. The number of fused-ring (bicyclic) bond motifs is 1. The van der Waals surface area contributed by atoms with Crippen LogP contribution < -0.4 is 5.32 Å². The van der Waals surface area contributed by atoms with Gasteiger partial charge in [-0.3, -0.25) is 0 Å². The van der Waals surface area contributed by atoms with Crippen molar-refractivity contribution in [3.05, 3.63) is 70.6 Å². The van der Waals surface area contributed by atoms with Crippen molar-refractivity contribution >= 4 is 21.4 Å². The quantitative estimate of drug-likeness (QED) is 0.738. The van der Waals surface area contributed by atoms with E-state index < -0.39 is 11.6 Å². The molecule has 0 bridgehead atoms. The molecular weight excluding hydrogens is 288 g/mol. The zero-order chi connectivity index (χ0) is 14.8. The van der Waals surface area contributed by atoms with Crippen molar-refractivity contribution in [2.75, 3.05) is 7.05 Å². The van der Waals surface area contributed by atoms with Crippen LogP contribution in [0.1, 0.15) is 17.2 Å². The Morgan fingerprint density at radius 2 is 1.90 bits per heavy atom. The molecule has 0 aliphatic rings. The molecule has 4 heteroatoms. The Hall–Kier alpha value is -1.78. The lowest BCUT2D eigenvalue weighted by molar-refractivity contribution is 0.504. The Labute approximate surface area is 126 Å². The predicted octanol–water partition coefficient (Wildman–Crippen LogP) is 4.68. The first kappa shape index (κ1) is 14.2. The van der Waals surface area contributed by atoms with Crippen LogP contribution in [0, 0.1) is 11.6 Å². The third-order valence-electron chi connectivity index (χ3n) is 3.66. The molecule has 1 atom stereocenters. The highest BCUT2D eigenvalue weighted by atomic mass is 32.1. The van der Waals surface area contributed by atoms with Crippen LogP contribution in [0.25, 0.3) is 10.1 Å². The van der Waals surface area contributed by atoms with Crippen LogP contribution in [0.5, 0.6) is 0 Å². The van der Waals surface area contributed by atoms with E-state index in [2.05, 4.69) is 22.8 Å². The Kier molecular flexibility index (Phi) is 3.99. The van der Waals surface area contributed by atoms with E-state index in [4.69, 9.17) is 0 Å².